The fraction of sp³-hybridized carbons (Fsp3) is 0.250. The Morgan fingerprint density at radius 1 is 1.64 bits per heavy atom. The largest absolute Gasteiger partial charge is 0.294 e. The molecule has 0 unspecified atom stereocenters. The Morgan fingerprint density at radius 3 is 3.09 bits per heavy atom. The molecule has 1 aromatic rings. The zero-order chi connectivity index (χ0) is 8.10. The molecule has 58 valence electrons. The Hall–Kier alpha value is -0.960. The van der Waals surface area contributed by atoms with Crippen molar-refractivity contribution in [1.29, 1.82) is 0 Å². The zero-order valence-electron chi connectivity index (χ0n) is 6.61. The molecule has 0 atom stereocenters. The van der Waals surface area contributed by atoms with Crippen LogP contribution in [0.5, 0.6) is 0 Å². The van der Waals surface area contributed by atoms with Gasteiger partial charge in [-0.1, -0.05) is 6.08 Å². The van der Waals surface area contributed by atoms with Crippen molar-refractivity contribution in [1.82, 2.24) is 4.98 Å². The number of allylic oxidation sites excluding steroid dienone is 1. The van der Waals surface area contributed by atoms with Crippen LogP contribution in [0.2, 0.25) is 0 Å². The molecule has 1 heterocycles. The highest BCUT2D eigenvalue weighted by Crippen LogP contribution is 2.12. The van der Waals surface area contributed by atoms with Gasteiger partial charge in [0, 0.05) is 13.3 Å². The van der Waals surface area contributed by atoms with E-state index in [9.17, 15) is 0 Å². The predicted molar refractivity (Wildman–Crippen MR) is 50.3 cm³/mol. The van der Waals surface area contributed by atoms with Gasteiger partial charge in [0.2, 0.25) is 0 Å². The Labute approximate surface area is 70.3 Å². The first-order valence-corrected chi connectivity index (χ1v) is 4.24. The van der Waals surface area contributed by atoms with E-state index in [2.05, 4.69) is 9.98 Å². The van der Waals surface area contributed by atoms with Crippen molar-refractivity contribution < 1.29 is 0 Å². The van der Waals surface area contributed by atoms with Crippen molar-refractivity contribution >= 4 is 23.6 Å². The van der Waals surface area contributed by atoms with Gasteiger partial charge in [0.1, 0.15) is 0 Å². The highest BCUT2D eigenvalue weighted by Gasteiger charge is 1.97. The van der Waals surface area contributed by atoms with Gasteiger partial charge in [-0.25, -0.2) is 4.98 Å². The molecule has 3 heteroatoms. The van der Waals surface area contributed by atoms with E-state index in [1.165, 1.54) is 0 Å². The van der Waals surface area contributed by atoms with Gasteiger partial charge < -0.3 is 0 Å². The number of aromatic nitrogens is 1. The molecule has 0 radical (unpaired) electrons. The summed E-state index contributed by atoms with van der Waals surface area (Å²) in [5.74, 6) is 0. The average Bonchev–Trinajstić information content (AvgIpc) is 2.39. The van der Waals surface area contributed by atoms with Gasteiger partial charge in [0.15, 0.2) is 0 Å². The van der Waals surface area contributed by atoms with E-state index in [4.69, 9.17) is 0 Å². The maximum Gasteiger partial charge on any atom is 0.0989 e. The van der Waals surface area contributed by atoms with Crippen LogP contribution in [-0.2, 0) is 0 Å². The Bertz CT molecular complexity index is 247. The summed E-state index contributed by atoms with van der Waals surface area (Å²) in [7, 11) is 1.75. The Balaban J connectivity index is 2.95. The molecule has 0 N–H and O–H groups in total. The molecule has 0 saturated heterocycles. The van der Waals surface area contributed by atoms with Crippen LogP contribution in [0.15, 0.2) is 16.6 Å². The molecule has 0 amide bonds. The second kappa shape index (κ2) is 4.03. The lowest BCUT2D eigenvalue weighted by Crippen LogP contribution is -1.82. The van der Waals surface area contributed by atoms with Crippen LogP contribution in [0.1, 0.15) is 17.5 Å². The highest BCUT2D eigenvalue weighted by molar-refractivity contribution is 7.10. The minimum atomic E-state index is 0.954. The van der Waals surface area contributed by atoms with E-state index >= 15 is 0 Å². The first kappa shape index (κ1) is 8.14. The average molecular weight is 166 g/mol. The number of hydrogen-bond donors (Lipinski definition) is 0. The molecule has 0 aliphatic heterocycles. The van der Waals surface area contributed by atoms with E-state index in [-0.39, 0.29) is 0 Å². The molecule has 0 aliphatic rings. The lowest BCUT2D eigenvalue weighted by atomic mass is 10.3. The molecule has 2 nitrogen and oxygen atoms in total. The standard InChI is InChI=1S/C8H10N2S/c1-3-4-8-7(5-9-2)10-6-11-8/h3-6H,1-2H3/b4-3-,9-5-. The van der Waals surface area contributed by atoms with Gasteiger partial charge in [-0.3, -0.25) is 4.99 Å². The number of nitrogens with zero attached hydrogens (tertiary/aromatic N) is 2. The summed E-state index contributed by atoms with van der Waals surface area (Å²) in [6.45, 7) is 1.99. The third-order valence-electron chi connectivity index (χ3n) is 1.19. The van der Waals surface area contributed by atoms with Gasteiger partial charge in [0.05, 0.1) is 16.1 Å². The summed E-state index contributed by atoms with van der Waals surface area (Å²) in [5.41, 5.74) is 2.78. The lowest BCUT2D eigenvalue weighted by molar-refractivity contribution is 1.36. The van der Waals surface area contributed by atoms with Crippen LogP contribution in [0, 0.1) is 0 Å². The molecule has 0 aliphatic carbocycles. The van der Waals surface area contributed by atoms with E-state index in [0.29, 0.717) is 0 Å². The smallest absolute Gasteiger partial charge is 0.0989 e. The molecule has 0 saturated carbocycles. The van der Waals surface area contributed by atoms with Crippen LogP contribution in [0.4, 0.5) is 0 Å². The van der Waals surface area contributed by atoms with Gasteiger partial charge >= 0.3 is 0 Å². The minimum Gasteiger partial charge on any atom is -0.294 e. The van der Waals surface area contributed by atoms with Crippen molar-refractivity contribution in [3.05, 3.63) is 22.2 Å². The van der Waals surface area contributed by atoms with Crippen molar-refractivity contribution in [3.63, 3.8) is 0 Å². The Kier molecular flexibility index (Phi) is 2.98. The van der Waals surface area contributed by atoms with Crippen LogP contribution in [-0.4, -0.2) is 18.2 Å². The third-order valence-corrected chi connectivity index (χ3v) is 2.00. The number of hydrogen-bond acceptors (Lipinski definition) is 3. The summed E-state index contributed by atoms with van der Waals surface area (Å²) in [6.07, 6.45) is 5.81. The summed E-state index contributed by atoms with van der Waals surface area (Å²) in [5, 5.41) is 0. The van der Waals surface area contributed by atoms with Crippen LogP contribution in [0.3, 0.4) is 0 Å². The maximum absolute atomic E-state index is 4.14. The van der Waals surface area contributed by atoms with Crippen molar-refractivity contribution in [2.24, 2.45) is 4.99 Å². The molecule has 0 aromatic carbocycles. The van der Waals surface area contributed by atoms with E-state index in [1.807, 2.05) is 24.6 Å². The van der Waals surface area contributed by atoms with Gasteiger partial charge in [-0.2, -0.15) is 0 Å². The maximum atomic E-state index is 4.14. The van der Waals surface area contributed by atoms with Crippen LogP contribution < -0.4 is 0 Å². The fourth-order valence-corrected chi connectivity index (χ4v) is 1.48. The summed E-state index contributed by atoms with van der Waals surface area (Å²) < 4.78 is 0. The van der Waals surface area contributed by atoms with Gasteiger partial charge in [-0.05, 0) is 13.0 Å². The topological polar surface area (TPSA) is 25.2 Å². The van der Waals surface area contributed by atoms with Crippen molar-refractivity contribution in [3.8, 4) is 0 Å². The summed E-state index contributed by atoms with van der Waals surface area (Å²) in [6, 6.07) is 0. The van der Waals surface area contributed by atoms with Crippen molar-refractivity contribution in [2.75, 3.05) is 7.05 Å². The van der Waals surface area contributed by atoms with E-state index in [1.54, 1.807) is 24.6 Å². The number of rotatable bonds is 2. The number of aliphatic imine (C=N–C) groups is 1. The SMILES string of the molecule is C/C=C\c1scnc1/C=N\C. The van der Waals surface area contributed by atoms with Crippen LogP contribution >= 0.6 is 11.3 Å². The third kappa shape index (κ3) is 1.98. The molecule has 0 bridgehead atoms. The Morgan fingerprint density at radius 2 is 2.45 bits per heavy atom. The van der Waals surface area contributed by atoms with Gasteiger partial charge in [-0.15, -0.1) is 11.3 Å². The van der Waals surface area contributed by atoms with E-state index < -0.39 is 0 Å². The first-order valence-electron chi connectivity index (χ1n) is 3.37. The quantitative estimate of drug-likeness (QED) is 0.618. The zero-order valence-corrected chi connectivity index (χ0v) is 7.43. The second-order valence-electron chi connectivity index (χ2n) is 1.99. The van der Waals surface area contributed by atoms with E-state index in [0.717, 1.165) is 10.6 Å². The highest BCUT2D eigenvalue weighted by atomic mass is 32.1. The molecule has 11 heavy (non-hydrogen) atoms. The summed E-state index contributed by atoms with van der Waals surface area (Å²) in [4.78, 5) is 9.21. The monoisotopic (exact) mass is 166 g/mol. The van der Waals surface area contributed by atoms with Gasteiger partial charge in [0.25, 0.3) is 0 Å². The normalized spacial score (nSPS) is 11.8. The number of thiazole rings is 1. The first-order chi connectivity index (χ1) is 5.38. The van der Waals surface area contributed by atoms with Crippen molar-refractivity contribution in [2.45, 2.75) is 6.92 Å². The molecule has 0 fully saturated rings. The fourth-order valence-electron chi connectivity index (χ4n) is 0.759. The minimum absolute atomic E-state index is 0.954. The summed E-state index contributed by atoms with van der Waals surface area (Å²) >= 11 is 1.62. The second-order valence-corrected chi connectivity index (χ2v) is 2.88. The molecule has 1 aromatic heterocycles. The molecular formula is C8H10N2S. The molecule has 0 spiro atoms. The molecular weight excluding hydrogens is 156 g/mol. The predicted octanol–water partition coefficient (Wildman–Crippen LogP) is 2.22. The van der Waals surface area contributed by atoms with Crippen LogP contribution in [0.25, 0.3) is 6.08 Å². The molecule has 1 rings (SSSR count). The lowest BCUT2D eigenvalue weighted by Gasteiger charge is -1.85.